The lowest BCUT2D eigenvalue weighted by Crippen LogP contribution is -2.38. The normalized spacial score (nSPS) is 18.8. The van der Waals surface area contributed by atoms with Crippen LogP contribution >= 0.6 is 11.8 Å². The molecule has 1 saturated carbocycles. The van der Waals surface area contributed by atoms with Crippen molar-refractivity contribution in [2.24, 2.45) is 0 Å². The van der Waals surface area contributed by atoms with Crippen molar-refractivity contribution in [1.82, 2.24) is 5.32 Å². The van der Waals surface area contributed by atoms with Crippen LogP contribution < -0.4 is 19.5 Å². The van der Waals surface area contributed by atoms with Crippen molar-refractivity contribution >= 4 is 17.7 Å². The van der Waals surface area contributed by atoms with Crippen molar-refractivity contribution in [1.29, 1.82) is 0 Å². The van der Waals surface area contributed by atoms with Gasteiger partial charge in [-0.05, 0) is 68.5 Å². The second-order valence-electron chi connectivity index (χ2n) is 8.25. The van der Waals surface area contributed by atoms with Crippen molar-refractivity contribution in [3.63, 3.8) is 0 Å². The molecule has 0 unspecified atom stereocenters. The maximum absolute atomic E-state index is 12.6. The zero-order valence-electron chi connectivity index (χ0n) is 18.3. The van der Waals surface area contributed by atoms with Gasteiger partial charge in [-0.1, -0.05) is 12.1 Å². The minimum Gasteiger partial charge on any atom is -0.497 e. The Kier molecular flexibility index (Phi) is 6.96. The summed E-state index contributed by atoms with van der Waals surface area (Å²) in [6, 6.07) is 13.9. The molecule has 0 saturated heterocycles. The third-order valence-electron chi connectivity index (χ3n) is 6.10. The summed E-state index contributed by atoms with van der Waals surface area (Å²) in [5, 5.41) is 3.27. The second kappa shape index (κ2) is 9.86. The summed E-state index contributed by atoms with van der Waals surface area (Å²) in [5.74, 6) is 3.11. The van der Waals surface area contributed by atoms with E-state index in [0.29, 0.717) is 18.9 Å². The van der Waals surface area contributed by atoms with Crippen LogP contribution in [0.25, 0.3) is 0 Å². The topological polar surface area (TPSA) is 56.8 Å². The van der Waals surface area contributed by atoms with Crippen LogP contribution in [-0.4, -0.2) is 31.0 Å². The Labute approximate surface area is 188 Å². The zero-order valence-corrected chi connectivity index (χ0v) is 19.1. The predicted octanol–water partition coefficient (Wildman–Crippen LogP) is 5.28. The number of nitrogens with one attached hydrogen (secondary N) is 1. The highest BCUT2D eigenvalue weighted by Crippen LogP contribution is 2.52. The zero-order chi connectivity index (χ0) is 21.7. The summed E-state index contributed by atoms with van der Waals surface area (Å²) >= 11 is 1.71. The fourth-order valence-electron chi connectivity index (χ4n) is 4.50. The van der Waals surface area contributed by atoms with E-state index in [4.69, 9.17) is 14.2 Å². The predicted molar refractivity (Wildman–Crippen MR) is 124 cm³/mol. The molecule has 1 aliphatic carbocycles. The standard InChI is InChI=1S/C25H31NO4S/c1-3-29-20-10-11-22-21(14-20)23(15-25(30-22)12-4-5-13-25)31-17-24(27)26-16-18-6-8-19(28-2)9-7-18/h6-11,14,23H,3-5,12-13,15-17H2,1-2H3,(H,26,27)/t23-/m0/s1. The van der Waals surface area contributed by atoms with Crippen LogP contribution in [0.5, 0.6) is 17.2 Å². The van der Waals surface area contributed by atoms with E-state index in [-0.39, 0.29) is 16.8 Å². The largest absolute Gasteiger partial charge is 0.497 e. The summed E-state index contributed by atoms with van der Waals surface area (Å²) in [7, 11) is 1.65. The van der Waals surface area contributed by atoms with Crippen LogP contribution in [0.2, 0.25) is 0 Å². The molecule has 2 aromatic carbocycles. The molecule has 1 aliphatic heterocycles. The maximum Gasteiger partial charge on any atom is 0.230 e. The Morgan fingerprint density at radius 3 is 2.61 bits per heavy atom. The van der Waals surface area contributed by atoms with Gasteiger partial charge in [-0.2, -0.15) is 0 Å². The molecule has 5 nitrogen and oxygen atoms in total. The molecule has 4 rings (SSSR count). The highest BCUT2D eigenvalue weighted by Gasteiger charge is 2.43. The van der Waals surface area contributed by atoms with Gasteiger partial charge in [-0.25, -0.2) is 0 Å². The molecule has 0 bridgehead atoms. The van der Waals surface area contributed by atoms with Crippen molar-refractivity contribution in [2.75, 3.05) is 19.5 Å². The first-order valence-corrected chi connectivity index (χ1v) is 12.1. The molecule has 1 heterocycles. The molecule has 0 aromatic heterocycles. The average Bonchev–Trinajstić information content (AvgIpc) is 3.24. The highest BCUT2D eigenvalue weighted by atomic mass is 32.2. The Hall–Kier alpha value is -2.34. The molecule has 6 heteroatoms. The number of amides is 1. The Balaban J connectivity index is 1.40. The van der Waals surface area contributed by atoms with Crippen LogP contribution in [0.4, 0.5) is 0 Å². The van der Waals surface area contributed by atoms with Crippen LogP contribution in [0, 0.1) is 0 Å². The lowest BCUT2D eigenvalue weighted by Gasteiger charge is -2.40. The lowest BCUT2D eigenvalue weighted by atomic mass is 9.89. The van der Waals surface area contributed by atoms with Crippen LogP contribution in [0.1, 0.15) is 55.4 Å². The highest BCUT2D eigenvalue weighted by molar-refractivity contribution is 8.00. The lowest BCUT2D eigenvalue weighted by molar-refractivity contribution is -0.118. The molecule has 1 atom stereocenters. The van der Waals surface area contributed by atoms with Crippen molar-refractivity contribution in [3.8, 4) is 17.2 Å². The number of benzene rings is 2. The molecule has 31 heavy (non-hydrogen) atoms. The molecule has 1 fully saturated rings. The van der Waals surface area contributed by atoms with E-state index in [9.17, 15) is 4.79 Å². The molecular formula is C25H31NO4S. The number of methoxy groups -OCH3 is 1. The van der Waals surface area contributed by atoms with Gasteiger partial charge >= 0.3 is 0 Å². The van der Waals surface area contributed by atoms with Gasteiger partial charge in [0.25, 0.3) is 0 Å². The number of thioether (sulfide) groups is 1. The SMILES string of the molecule is CCOc1ccc2c(c1)[C@@H](SCC(=O)NCc1ccc(OC)cc1)CC1(CCCC1)O2. The van der Waals surface area contributed by atoms with Gasteiger partial charge in [-0.15, -0.1) is 11.8 Å². The number of rotatable bonds is 8. The molecule has 166 valence electrons. The number of carbonyl (C=O) groups excluding carboxylic acids is 1. The Bertz CT molecular complexity index is 893. The molecule has 2 aliphatic rings. The van der Waals surface area contributed by atoms with E-state index < -0.39 is 0 Å². The van der Waals surface area contributed by atoms with Gasteiger partial charge in [0.1, 0.15) is 22.8 Å². The first-order valence-electron chi connectivity index (χ1n) is 11.1. The number of hydrogen-bond acceptors (Lipinski definition) is 5. The van der Waals surface area contributed by atoms with Gasteiger partial charge in [0.15, 0.2) is 0 Å². The van der Waals surface area contributed by atoms with Gasteiger partial charge in [0, 0.05) is 23.8 Å². The minimum atomic E-state index is -0.0721. The summed E-state index contributed by atoms with van der Waals surface area (Å²) < 4.78 is 17.4. The van der Waals surface area contributed by atoms with E-state index >= 15 is 0 Å². The van der Waals surface area contributed by atoms with E-state index in [1.54, 1.807) is 18.9 Å². The van der Waals surface area contributed by atoms with E-state index in [0.717, 1.165) is 47.6 Å². The van der Waals surface area contributed by atoms with Gasteiger partial charge in [-0.3, -0.25) is 4.79 Å². The molecule has 1 amide bonds. The van der Waals surface area contributed by atoms with E-state index in [2.05, 4.69) is 11.4 Å². The number of ether oxygens (including phenoxy) is 3. The summed E-state index contributed by atoms with van der Waals surface area (Å²) in [6.07, 6.45) is 5.57. The first kappa shape index (κ1) is 21.9. The maximum atomic E-state index is 12.6. The fraction of sp³-hybridized carbons (Fsp3) is 0.480. The smallest absolute Gasteiger partial charge is 0.230 e. The molecule has 2 aromatic rings. The first-order chi connectivity index (χ1) is 15.1. The Morgan fingerprint density at radius 2 is 1.90 bits per heavy atom. The summed E-state index contributed by atoms with van der Waals surface area (Å²) in [6.45, 7) is 3.14. The quantitative estimate of drug-likeness (QED) is 0.604. The average molecular weight is 442 g/mol. The second-order valence-corrected chi connectivity index (χ2v) is 9.44. The number of carbonyl (C=O) groups is 1. The van der Waals surface area contributed by atoms with Gasteiger partial charge < -0.3 is 19.5 Å². The minimum absolute atomic E-state index is 0.0512. The fourth-order valence-corrected chi connectivity index (χ4v) is 5.74. The third-order valence-corrected chi connectivity index (χ3v) is 7.35. The Morgan fingerprint density at radius 1 is 1.16 bits per heavy atom. The van der Waals surface area contributed by atoms with Crippen molar-refractivity contribution in [2.45, 2.75) is 56.4 Å². The van der Waals surface area contributed by atoms with Crippen molar-refractivity contribution < 1.29 is 19.0 Å². The van der Waals surface area contributed by atoms with Crippen LogP contribution in [0.3, 0.4) is 0 Å². The van der Waals surface area contributed by atoms with Gasteiger partial charge in [0.05, 0.1) is 19.5 Å². The van der Waals surface area contributed by atoms with E-state index in [1.165, 1.54) is 12.8 Å². The molecule has 0 radical (unpaired) electrons. The third kappa shape index (κ3) is 5.29. The molecular weight excluding hydrogens is 410 g/mol. The molecule has 1 spiro atoms. The van der Waals surface area contributed by atoms with Crippen molar-refractivity contribution in [3.05, 3.63) is 53.6 Å². The van der Waals surface area contributed by atoms with Gasteiger partial charge in [0.2, 0.25) is 5.91 Å². The van der Waals surface area contributed by atoms with E-state index in [1.807, 2.05) is 43.3 Å². The number of fused-ring (bicyclic) bond motifs is 1. The van der Waals surface area contributed by atoms with Crippen LogP contribution in [0.15, 0.2) is 42.5 Å². The number of hydrogen-bond donors (Lipinski definition) is 1. The summed E-state index contributed by atoms with van der Waals surface area (Å²) in [4.78, 5) is 12.6. The summed E-state index contributed by atoms with van der Waals surface area (Å²) in [5.41, 5.74) is 2.13. The van der Waals surface area contributed by atoms with Crippen LogP contribution in [-0.2, 0) is 11.3 Å². The monoisotopic (exact) mass is 441 g/mol. The molecule has 1 N–H and O–H groups in total.